The molecule has 0 aliphatic heterocycles. The third-order valence-electron chi connectivity index (χ3n) is 5.54. The zero-order valence-electron chi connectivity index (χ0n) is 14.1. The number of hydrogen-bond donors (Lipinski definition) is 0. The Morgan fingerprint density at radius 1 is 0.960 bits per heavy atom. The van der Waals surface area contributed by atoms with Crippen molar-refractivity contribution < 1.29 is 8.42 Å². The molecule has 1 saturated carbocycles. The Balaban J connectivity index is 1.77. The van der Waals surface area contributed by atoms with Crippen LogP contribution in [0.15, 0.2) is 47.6 Å². The van der Waals surface area contributed by atoms with E-state index in [2.05, 4.69) is 17.1 Å². The van der Waals surface area contributed by atoms with Crippen LogP contribution in [0.25, 0.3) is 11.1 Å². The fourth-order valence-electron chi connectivity index (χ4n) is 4.04. The topological polar surface area (TPSA) is 47.0 Å². The van der Waals surface area contributed by atoms with Gasteiger partial charge in [-0.3, -0.25) is 0 Å². The number of halogens is 1. The maximum atomic E-state index is 11.7. The van der Waals surface area contributed by atoms with Crippen molar-refractivity contribution in [3.05, 3.63) is 58.7 Å². The molecule has 1 aromatic heterocycles. The summed E-state index contributed by atoms with van der Waals surface area (Å²) in [6.07, 6.45) is 8.85. The molecule has 0 atom stereocenters. The van der Waals surface area contributed by atoms with E-state index in [1.165, 1.54) is 42.2 Å². The Bertz CT molecular complexity index is 940. The van der Waals surface area contributed by atoms with E-state index >= 15 is 0 Å². The lowest BCUT2D eigenvalue weighted by atomic mass is 9.66. The third kappa shape index (κ3) is 3.13. The van der Waals surface area contributed by atoms with Crippen LogP contribution in [0.1, 0.15) is 43.2 Å². The van der Waals surface area contributed by atoms with Crippen LogP contribution < -0.4 is 0 Å². The summed E-state index contributed by atoms with van der Waals surface area (Å²) in [6, 6.07) is 11.5. The number of allylic oxidation sites excluding steroid dienone is 2. The van der Waals surface area contributed by atoms with E-state index in [1.54, 1.807) is 12.3 Å². The summed E-state index contributed by atoms with van der Waals surface area (Å²) < 4.78 is 23.3. The van der Waals surface area contributed by atoms with Gasteiger partial charge < -0.3 is 0 Å². The monoisotopic (exact) mass is 373 g/mol. The highest BCUT2D eigenvalue weighted by molar-refractivity contribution is 7.90. The standard InChI is InChI=1S/C20H20ClNO2S/c1-25(23,24)19-8-5-15(13-22-19)18-12-20(9-2-10-20)11-17(18)14-3-6-16(21)7-4-14/h3-8,13H,2,9-12H2,1H3. The lowest BCUT2D eigenvalue weighted by molar-refractivity contribution is 0.157. The van der Waals surface area contributed by atoms with Gasteiger partial charge in [0.1, 0.15) is 0 Å². The van der Waals surface area contributed by atoms with Crippen LogP contribution in [0.3, 0.4) is 0 Å². The van der Waals surface area contributed by atoms with Gasteiger partial charge in [0, 0.05) is 17.5 Å². The molecule has 0 bridgehead atoms. The van der Waals surface area contributed by atoms with Gasteiger partial charge in [0.05, 0.1) is 0 Å². The second-order valence-electron chi connectivity index (χ2n) is 7.33. The van der Waals surface area contributed by atoms with Crippen LogP contribution in [0, 0.1) is 5.41 Å². The van der Waals surface area contributed by atoms with E-state index in [-0.39, 0.29) is 5.03 Å². The van der Waals surface area contributed by atoms with Gasteiger partial charge in [0.15, 0.2) is 14.9 Å². The van der Waals surface area contributed by atoms with Crippen LogP contribution in [0.4, 0.5) is 0 Å². The first-order valence-corrected chi connectivity index (χ1v) is 10.8. The number of aromatic nitrogens is 1. The SMILES string of the molecule is CS(=O)(=O)c1ccc(C2=C(c3ccc(Cl)cc3)CC3(CCC3)C2)cn1. The van der Waals surface area contributed by atoms with Crippen LogP contribution in [0.2, 0.25) is 5.02 Å². The molecule has 0 N–H and O–H groups in total. The van der Waals surface area contributed by atoms with Crippen LogP contribution in [-0.4, -0.2) is 19.7 Å². The van der Waals surface area contributed by atoms with Gasteiger partial charge in [-0.15, -0.1) is 0 Å². The molecule has 2 aliphatic carbocycles. The molecule has 3 nitrogen and oxygen atoms in total. The van der Waals surface area contributed by atoms with Crippen molar-refractivity contribution in [3.8, 4) is 0 Å². The molecule has 0 saturated heterocycles. The van der Waals surface area contributed by atoms with Crippen molar-refractivity contribution in [2.45, 2.75) is 37.1 Å². The lowest BCUT2D eigenvalue weighted by Crippen LogP contribution is -2.26. The van der Waals surface area contributed by atoms with Crippen LogP contribution in [0.5, 0.6) is 0 Å². The Hall–Kier alpha value is -1.65. The minimum atomic E-state index is -3.27. The maximum absolute atomic E-state index is 11.7. The minimum absolute atomic E-state index is 0.126. The van der Waals surface area contributed by atoms with Gasteiger partial charge in [0.25, 0.3) is 0 Å². The van der Waals surface area contributed by atoms with Crippen molar-refractivity contribution in [2.24, 2.45) is 5.41 Å². The number of sulfone groups is 1. The Morgan fingerprint density at radius 3 is 2.04 bits per heavy atom. The Labute approximate surface area is 153 Å². The third-order valence-corrected chi connectivity index (χ3v) is 6.79. The molecule has 1 heterocycles. The van der Waals surface area contributed by atoms with E-state index in [0.29, 0.717) is 5.41 Å². The largest absolute Gasteiger partial charge is 0.244 e. The Kier molecular flexibility index (Phi) is 4.00. The molecule has 130 valence electrons. The van der Waals surface area contributed by atoms with Crippen LogP contribution >= 0.6 is 11.6 Å². The molecule has 5 heteroatoms. The lowest BCUT2D eigenvalue weighted by Gasteiger charge is -2.39. The first kappa shape index (κ1) is 16.8. The van der Waals surface area contributed by atoms with Crippen molar-refractivity contribution in [1.82, 2.24) is 4.98 Å². The quantitative estimate of drug-likeness (QED) is 0.759. The molecule has 0 radical (unpaired) electrons. The average Bonchev–Trinajstić information content (AvgIpc) is 2.96. The second-order valence-corrected chi connectivity index (χ2v) is 9.73. The smallest absolute Gasteiger partial charge is 0.192 e. The summed E-state index contributed by atoms with van der Waals surface area (Å²) in [6.45, 7) is 0. The highest BCUT2D eigenvalue weighted by atomic mass is 35.5. The maximum Gasteiger partial charge on any atom is 0.192 e. The summed E-state index contributed by atoms with van der Waals surface area (Å²) in [4.78, 5) is 4.19. The van der Waals surface area contributed by atoms with Gasteiger partial charge in [-0.1, -0.05) is 36.2 Å². The fourth-order valence-corrected chi connectivity index (χ4v) is 4.72. The van der Waals surface area contributed by atoms with Gasteiger partial charge >= 0.3 is 0 Å². The number of hydrogen-bond acceptors (Lipinski definition) is 3. The summed E-state index contributed by atoms with van der Waals surface area (Å²) >= 11 is 6.04. The molecule has 1 spiro atoms. The molecule has 2 aromatic rings. The molecule has 1 fully saturated rings. The predicted octanol–water partition coefficient (Wildman–Crippen LogP) is 5.01. The average molecular weight is 374 g/mol. The van der Waals surface area contributed by atoms with Crippen molar-refractivity contribution in [1.29, 1.82) is 0 Å². The van der Waals surface area contributed by atoms with Gasteiger partial charge in [-0.05, 0) is 71.6 Å². The van der Waals surface area contributed by atoms with Crippen LogP contribution in [-0.2, 0) is 9.84 Å². The molecular formula is C20H20ClNO2S. The summed E-state index contributed by atoms with van der Waals surface area (Å²) in [5, 5.41) is 0.864. The van der Waals surface area contributed by atoms with Gasteiger partial charge in [-0.2, -0.15) is 0 Å². The first-order valence-electron chi connectivity index (χ1n) is 8.51. The van der Waals surface area contributed by atoms with Crippen molar-refractivity contribution in [2.75, 3.05) is 6.26 Å². The Morgan fingerprint density at radius 2 is 1.56 bits per heavy atom. The zero-order valence-corrected chi connectivity index (χ0v) is 15.7. The summed E-state index contributed by atoms with van der Waals surface area (Å²) in [5.74, 6) is 0. The molecule has 4 rings (SSSR count). The van der Waals surface area contributed by atoms with Crippen molar-refractivity contribution >= 4 is 32.6 Å². The molecule has 1 aromatic carbocycles. The predicted molar refractivity (Wildman–Crippen MR) is 101 cm³/mol. The molecule has 2 aliphatic rings. The number of benzene rings is 1. The van der Waals surface area contributed by atoms with E-state index in [9.17, 15) is 8.42 Å². The van der Waals surface area contributed by atoms with E-state index in [0.717, 1.165) is 23.4 Å². The highest BCUT2D eigenvalue weighted by Crippen LogP contribution is 2.59. The second kappa shape index (κ2) is 5.96. The minimum Gasteiger partial charge on any atom is -0.244 e. The van der Waals surface area contributed by atoms with Gasteiger partial charge in [-0.25, -0.2) is 13.4 Å². The summed E-state index contributed by atoms with van der Waals surface area (Å²) in [5.41, 5.74) is 5.27. The molecular weight excluding hydrogens is 354 g/mol. The molecule has 0 amide bonds. The first-order chi connectivity index (χ1) is 11.9. The molecule has 0 unspecified atom stereocenters. The van der Waals surface area contributed by atoms with E-state index in [1.807, 2.05) is 18.2 Å². The highest BCUT2D eigenvalue weighted by Gasteiger charge is 2.43. The zero-order chi connectivity index (χ0) is 17.7. The van der Waals surface area contributed by atoms with Gasteiger partial charge in [0.2, 0.25) is 0 Å². The van der Waals surface area contributed by atoms with E-state index < -0.39 is 9.84 Å². The number of pyridine rings is 1. The number of nitrogens with zero attached hydrogens (tertiary/aromatic N) is 1. The number of rotatable bonds is 3. The summed E-state index contributed by atoms with van der Waals surface area (Å²) in [7, 11) is -3.27. The fraction of sp³-hybridized carbons (Fsp3) is 0.350. The molecule has 25 heavy (non-hydrogen) atoms. The normalized spacial score (nSPS) is 19.3. The van der Waals surface area contributed by atoms with Crippen molar-refractivity contribution in [3.63, 3.8) is 0 Å². The van der Waals surface area contributed by atoms with E-state index in [4.69, 9.17) is 11.6 Å².